The van der Waals surface area contributed by atoms with Crippen LogP contribution in [0.2, 0.25) is 0 Å². The lowest BCUT2D eigenvalue weighted by atomic mass is 9.69. The Morgan fingerprint density at radius 1 is 1.50 bits per heavy atom. The van der Waals surface area contributed by atoms with Gasteiger partial charge in [-0.1, -0.05) is 6.92 Å². The summed E-state index contributed by atoms with van der Waals surface area (Å²) in [7, 11) is -3.48. The minimum Gasteiger partial charge on any atom is -0.376 e. The standard InChI is InChI=1S/C13H20N2O3S2/c1-2-8-5-6-10(19-8)20(16,17)15-12-11(14)9-4-3-7-18-13(9)12/h5-6,9,11-13,15H,2-4,7,14H2,1H3. The van der Waals surface area contributed by atoms with E-state index in [9.17, 15) is 8.42 Å². The molecule has 4 atom stereocenters. The van der Waals surface area contributed by atoms with E-state index in [1.807, 2.05) is 13.0 Å². The van der Waals surface area contributed by atoms with Gasteiger partial charge in [0, 0.05) is 23.4 Å². The molecule has 2 aliphatic rings. The molecule has 4 unspecified atom stereocenters. The number of thiophene rings is 1. The average Bonchev–Trinajstić information content (AvgIpc) is 2.94. The van der Waals surface area contributed by atoms with Gasteiger partial charge in [-0.05, 0) is 31.4 Å². The molecule has 1 aliphatic carbocycles. The lowest BCUT2D eigenvalue weighted by Crippen LogP contribution is -2.71. The van der Waals surface area contributed by atoms with E-state index in [0.29, 0.717) is 16.7 Å². The molecule has 0 aromatic carbocycles. The summed E-state index contributed by atoms with van der Waals surface area (Å²) >= 11 is 1.31. The van der Waals surface area contributed by atoms with Crippen molar-refractivity contribution < 1.29 is 13.2 Å². The molecule has 3 rings (SSSR count). The quantitative estimate of drug-likeness (QED) is 0.871. The Kier molecular flexibility index (Phi) is 3.89. The highest BCUT2D eigenvalue weighted by atomic mass is 32.2. The predicted molar refractivity (Wildman–Crippen MR) is 78.2 cm³/mol. The molecule has 2 fully saturated rings. The van der Waals surface area contributed by atoms with Crippen LogP contribution in [0.25, 0.3) is 0 Å². The molecular formula is C13H20N2O3S2. The minimum absolute atomic E-state index is 0.0564. The van der Waals surface area contributed by atoms with Crippen LogP contribution < -0.4 is 10.5 Å². The van der Waals surface area contributed by atoms with Crippen molar-refractivity contribution in [1.29, 1.82) is 0 Å². The molecule has 0 bridgehead atoms. The van der Waals surface area contributed by atoms with E-state index in [2.05, 4.69) is 4.72 Å². The molecule has 1 saturated heterocycles. The third-order valence-electron chi connectivity index (χ3n) is 4.22. The van der Waals surface area contributed by atoms with Crippen LogP contribution in [0.15, 0.2) is 16.3 Å². The Bertz CT molecular complexity index is 584. The first-order valence-corrected chi connectivity index (χ1v) is 9.31. The first-order chi connectivity index (χ1) is 9.53. The van der Waals surface area contributed by atoms with Gasteiger partial charge in [-0.25, -0.2) is 13.1 Å². The molecule has 3 N–H and O–H groups in total. The van der Waals surface area contributed by atoms with Crippen molar-refractivity contribution in [2.24, 2.45) is 11.7 Å². The van der Waals surface area contributed by atoms with Crippen LogP contribution in [0.5, 0.6) is 0 Å². The van der Waals surface area contributed by atoms with Gasteiger partial charge in [0.15, 0.2) is 0 Å². The first kappa shape index (κ1) is 14.5. The van der Waals surface area contributed by atoms with E-state index in [1.54, 1.807) is 6.07 Å². The second-order valence-corrected chi connectivity index (χ2v) is 8.55. The van der Waals surface area contributed by atoms with E-state index < -0.39 is 10.0 Å². The summed E-state index contributed by atoms with van der Waals surface area (Å²) < 4.78 is 33.5. The molecule has 5 nitrogen and oxygen atoms in total. The molecule has 0 radical (unpaired) electrons. The van der Waals surface area contributed by atoms with E-state index in [-0.39, 0.29) is 18.2 Å². The monoisotopic (exact) mass is 316 g/mol. The molecule has 112 valence electrons. The van der Waals surface area contributed by atoms with Crippen molar-refractivity contribution in [3.63, 3.8) is 0 Å². The highest BCUT2D eigenvalue weighted by Crippen LogP contribution is 2.38. The van der Waals surface area contributed by atoms with Crippen molar-refractivity contribution in [2.45, 2.75) is 48.6 Å². The predicted octanol–water partition coefficient (Wildman–Crippen LogP) is 1.09. The lowest BCUT2D eigenvalue weighted by Gasteiger charge is -2.52. The maximum Gasteiger partial charge on any atom is 0.250 e. The van der Waals surface area contributed by atoms with Crippen LogP contribution in [0, 0.1) is 5.92 Å². The zero-order valence-corrected chi connectivity index (χ0v) is 13.0. The van der Waals surface area contributed by atoms with E-state index in [4.69, 9.17) is 10.5 Å². The Morgan fingerprint density at radius 3 is 3.00 bits per heavy atom. The van der Waals surface area contributed by atoms with Crippen molar-refractivity contribution in [2.75, 3.05) is 6.61 Å². The molecule has 1 saturated carbocycles. The van der Waals surface area contributed by atoms with Crippen molar-refractivity contribution in [3.05, 3.63) is 17.0 Å². The SMILES string of the molecule is CCc1ccc(S(=O)(=O)NC2C(N)C3CCCOC32)s1. The van der Waals surface area contributed by atoms with Crippen molar-refractivity contribution in [3.8, 4) is 0 Å². The molecular weight excluding hydrogens is 296 g/mol. The highest BCUT2D eigenvalue weighted by molar-refractivity contribution is 7.91. The number of hydrogen-bond donors (Lipinski definition) is 2. The molecule has 2 heterocycles. The van der Waals surface area contributed by atoms with Crippen molar-refractivity contribution >= 4 is 21.4 Å². The van der Waals surface area contributed by atoms with Crippen molar-refractivity contribution in [1.82, 2.24) is 4.72 Å². The average molecular weight is 316 g/mol. The molecule has 20 heavy (non-hydrogen) atoms. The summed E-state index contributed by atoms with van der Waals surface area (Å²) in [4.78, 5) is 1.06. The van der Waals surface area contributed by atoms with Crippen LogP contribution in [0.4, 0.5) is 0 Å². The lowest BCUT2D eigenvalue weighted by molar-refractivity contribution is -0.114. The summed E-state index contributed by atoms with van der Waals surface area (Å²) in [6.07, 6.45) is 2.83. The minimum atomic E-state index is -3.48. The van der Waals surface area contributed by atoms with Crippen LogP contribution >= 0.6 is 11.3 Å². The number of nitrogens with one attached hydrogen (secondary N) is 1. The smallest absolute Gasteiger partial charge is 0.250 e. The number of aryl methyl sites for hydroxylation is 1. The van der Waals surface area contributed by atoms with Gasteiger partial charge in [0.1, 0.15) is 4.21 Å². The Labute approximate surface area is 123 Å². The number of sulfonamides is 1. The summed E-state index contributed by atoms with van der Waals surface area (Å²) in [6.45, 7) is 2.71. The van der Waals surface area contributed by atoms with Gasteiger partial charge in [0.25, 0.3) is 0 Å². The molecule has 7 heteroatoms. The first-order valence-electron chi connectivity index (χ1n) is 7.01. The molecule has 0 amide bonds. The van der Waals surface area contributed by atoms with Gasteiger partial charge >= 0.3 is 0 Å². The highest BCUT2D eigenvalue weighted by Gasteiger charge is 2.52. The van der Waals surface area contributed by atoms with Gasteiger partial charge in [-0.3, -0.25) is 0 Å². The number of nitrogens with two attached hydrogens (primary N) is 1. The van der Waals surface area contributed by atoms with E-state index >= 15 is 0 Å². The fourth-order valence-corrected chi connectivity index (χ4v) is 5.62. The van der Waals surface area contributed by atoms with Gasteiger partial charge in [0.05, 0.1) is 12.1 Å². The number of hydrogen-bond acceptors (Lipinski definition) is 5. The van der Waals surface area contributed by atoms with Crippen LogP contribution in [-0.2, 0) is 21.2 Å². The van der Waals surface area contributed by atoms with Crippen LogP contribution in [0.1, 0.15) is 24.6 Å². The van der Waals surface area contributed by atoms with Gasteiger partial charge < -0.3 is 10.5 Å². The molecule has 1 aliphatic heterocycles. The molecule has 0 spiro atoms. The fourth-order valence-electron chi connectivity index (χ4n) is 3.02. The third kappa shape index (κ3) is 2.42. The van der Waals surface area contributed by atoms with Gasteiger partial charge in [0.2, 0.25) is 10.0 Å². The topological polar surface area (TPSA) is 81.4 Å². The van der Waals surface area contributed by atoms with Crippen LogP contribution in [0.3, 0.4) is 0 Å². The second kappa shape index (κ2) is 5.38. The number of ether oxygens (including phenoxy) is 1. The zero-order chi connectivity index (χ0) is 14.3. The molecule has 1 aromatic rings. The molecule has 1 aromatic heterocycles. The fraction of sp³-hybridized carbons (Fsp3) is 0.692. The zero-order valence-electron chi connectivity index (χ0n) is 11.4. The number of fused-ring (bicyclic) bond motifs is 1. The Hall–Kier alpha value is -0.470. The maximum atomic E-state index is 12.4. The van der Waals surface area contributed by atoms with Gasteiger partial charge in [-0.15, -0.1) is 11.3 Å². The van der Waals surface area contributed by atoms with Gasteiger partial charge in [-0.2, -0.15) is 0 Å². The third-order valence-corrected chi connectivity index (χ3v) is 7.40. The summed E-state index contributed by atoms with van der Waals surface area (Å²) in [5.74, 6) is 0.297. The normalized spacial score (nSPS) is 33.5. The summed E-state index contributed by atoms with van der Waals surface area (Å²) in [5.41, 5.74) is 6.09. The number of rotatable bonds is 4. The Balaban J connectivity index is 1.73. The summed E-state index contributed by atoms with van der Waals surface area (Å²) in [5, 5.41) is 0. The van der Waals surface area contributed by atoms with E-state index in [1.165, 1.54) is 11.3 Å². The Morgan fingerprint density at radius 2 is 2.30 bits per heavy atom. The summed E-state index contributed by atoms with van der Waals surface area (Å²) in [6, 6.07) is 3.09. The van der Waals surface area contributed by atoms with Crippen LogP contribution in [-0.4, -0.2) is 33.2 Å². The van der Waals surface area contributed by atoms with E-state index in [0.717, 1.165) is 24.1 Å². The maximum absolute atomic E-state index is 12.4. The largest absolute Gasteiger partial charge is 0.376 e. The second-order valence-electron chi connectivity index (χ2n) is 5.44.